The molecule has 0 unspecified atom stereocenters. The van der Waals surface area contributed by atoms with E-state index in [1.165, 1.54) is 32.4 Å². The first-order valence-corrected chi connectivity index (χ1v) is 8.76. The second kappa shape index (κ2) is 11.2. The molecular weight excluding hydrogens is 432 g/mol. The van der Waals surface area contributed by atoms with E-state index in [4.69, 9.17) is 0 Å². The molecule has 0 saturated carbocycles. The fourth-order valence-electron chi connectivity index (χ4n) is 2.25. The van der Waals surface area contributed by atoms with Gasteiger partial charge in [0.05, 0.1) is 11.1 Å². The average molecular weight is 449 g/mol. The molecule has 168 valence electrons. The second-order valence-corrected chi connectivity index (χ2v) is 5.99. The van der Waals surface area contributed by atoms with Gasteiger partial charge in [-0.15, -0.1) is 0 Å². The molecule has 0 bridgehead atoms. The normalized spacial score (nSPS) is 10.8. The summed E-state index contributed by atoms with van der Waals surface area (Å²) >= 11 is 0. The third kappa shape index (κ3) is 5.24. The Bertz CT molecular complexity index is 766. The van der Waals surface area contributed by atoms with Crippen LogP contribution in [0.5, 0.6) is 0 Å². The first-order valence-electron chi connectivity index (χ1n) is 8.76. The van der Waals surface area contributed by atoms with Gasteiger partial charge in [-0.05, 0) is 25.9 Å². The third-order valence-electron chi connectivity index (χ3n) is 3.80. The predicted octanol–water partition coefficient (Wildman–Crippen LogP) is 6.53. The molecule has 11 heteroatoms. The summed E-state index contributed by atoms with van der Waals surface area (Å²) < 4.78 is 131. The maximum absolute atomic E-state index is 13.4. The molecule has 2 aromatic carbocycles. The molecule has 0 aromatic heterocycles. The van der Waals surface area contributed by atoms with Crippen LogP contribution in [0.3, 0.4) is 0 Å². The van der Waals surface area contributed by atoms with Crippen molar-refractivity contribution in [3.63, 3.8) is 0 Å². The summed E-state index contributed by atoms with van der Waals surface area (Å²) in [5.74, 6) is -26.6. The van der Waals surface area contributed by atoms with E-state index in [0.717, 1.165) is 0 Å². The van der Waals surface area contributed by atoms with Gasteiger partial charge in [0.2, 0.25) is 11.6 Å². The highest BCUT2D eigenvalue weighted by Crippen LogP contribution is 2.37. The van der Waals surface area contributed by atoms with Crippen molar-refractivity contribution in [3.05, 3.63) is 58.2 Å². The van der Waals surface area contributed by atoms with Gasteiger partial charge in [0, 0.05) is 0 Å². The standard InChI is InChI=1S/C12F10.C7H17N/c13-3-1(4(14)8(18)11(21)7(3)17)2-5(15)9(19)12(22)10(20)6(2)16;1-3-5-7-8-6-4-2/h;8H,3-7H2,1-2H3. The Morgan fingerprint density at radius 3 is 1.00 bits per heavy atom. The minimum Gasteiger partial charge on any atom is -0.317 e. The third-order valence-corrected chi connectivity index (χ3v) is 3.80. The smallest absolute Gasteiger partial charge is 0.200 e. The van der Waals surface area contributed by atoms with Crippen molar-refractivity contribution in [1.29, 1.82) is 0 Å². The SMILES string of the molecule is CCCCNCCC.Fc1c(F)c(F)c(-c2c(F)c(F)c(F)c(F)c2F)c(F)c1F. The van der Waals surface area contributed by atoms with Gasteiger partial charge in [0.15, 0.2) is 46.5 Å². The quantitative estimate of drug-likeness (QED) is 0.229. The summed E-state index contributed by atoms with van der Waals surface area (Å²) in [5.41, 5.74) is -4.52. The molecule has 0 saturated heterocycles. The molecule has 2 rings (SSSR count). The highest BCUT2D eigenvalue weighted by atomic mass is 19.2. The van der Waals surface area contributed by atoms with Crippen molar-refractivity contribution in [2.75, 3.05) is 13.1 Å². The second-order valence-electron chi connectivity index (χ2n) is 5.99. The van der Waals surface area contributed by atoms with Gasteiger partial charge in [0.25, 0.3) is 0 Å². The zero-order chi connectivity index (χ0) is 23.2. The Balaban J connectivity index is 0.000000479. The van der Waals surface area contributed by atoms with Crippen LogP contribution in [0.4, 0.5) is 43.9 Å². The molecule has 1 N–H and O–H groups in total. The van der Waals surface area contributed by atoms with Gasteiger partial charge < -0.3 is 5.32 Å². The van der Waals surface area contributed by atoms with Crippen molar-refractivity contribution in [2.24, 2.45) is 0 Å². The van der Waals surface area contributed by atoms with Crippen LogP contribution < -0.4 is 5.32 Å². The van der Waals surface area contributed by atoms with Crippen LogP contribution in [0.1, 0.15) is 33.1 Å². The lowest BCUT2D eigenvalue weighted by atomic mass is 10.0. The van der Waals surface area contributed by atoms with Gasteiger partial charge in [-0.2, -0.15) is 0 Å². The predicted molar refractivity (Wildman–Crippen MR) is 89.5 cm³/mol. The van der Waals surface area contributed by atoms with Crippen molar-refractivity contribution in [2.45, 2.75) is 33.1 Å². The van der Waals surface area contributed by atoms with E-state index in [1.54, 1.807) is 0 Å². The Morgan fingerprint density at radius 2 is 0.733 bits per heavy atom. The van der Waals surface area contributed by atoms with Crippen LogP contribution in [0.15, 0.2) is 0 Å². The summed E-state index contributed by atoms with van der Waals surface area (Å²) in [6.45, 7) is 6.79. The number of unbranched alkanes of at least 4 members (excludes halogenated alkanes) is 1. The van der Waals surface area contributed by atoms with Crippen LogP contribution in [-0.2, 0) is 0 Å². The van der Waals surface area contributed by atoms with E-state index >= 15 is 0 Å². The van der Waals surface area contributed by atoms with E-state index in [0.29, 0.717) is 0 Å². The Morgan fingerprint density at radius 1 is 0.433 bits per heavy atom. The van der Waals surface area contributed by atoms with E-state index < -0.39 is 69.3 Å². The molecule has 30 heavy (non-hydrogen) atoms. The zero-order valence-electron chi connectivity index (χ0n) is 15.8. The van der Waals surface area contributed by atoms with Gasteiger partial charge in [-0.3, -0.25) is 0 Å². The molecule has 0 fully saturated rings. The fourth-order valence-corrected chi connectivity index (χ4v) is 2.25. The molecule has 0 atom stereocenters. The van der Waals surface area contributed by atoms with E-state index in [-0.39, 0.29) is 0 Å². The monoisotopic (exact) mass is 449 g/mol. The number of halogens is 10. The van der Waals surface area contributed by atoms with Crippen molar-refractivity contribution in [1.82, 2.24) is 5.32 Å². The molecule has 0 aliphatic heterocycles. The van der Waals surface area contributed by atoms with Crippen LogP contribution in [0.2, 0.25) is 0 Å². The lowest BCUT2D eigenvalue weighted by Gasteiger charge is -2.11. The molecule has 1 nitrogen and oxygen atoms in total. The number of hydrogen-bond acceptors (Lipinski definition) is 1. The van der Waals surface area contributed by atoms with E-state index in [1.807, 2.05) is 0 Å². The molecule has 0 spiro atoms. The Hall–Kier alpha value is -2.30. The number of hydrogen-bond donors (Lipinski definition) is 1. The van der Waals surface area contributed by atoms with Gasteiger partial charge >= 0.3 is 0 Å². The largest absolute Gasteiger partial charge is 0.317 e. The Labute approximate surface area is 165 Å². The van der Waals surface area contributed by atoms with E-state index in [9.17, 15) is 43.9 Å². The minimum absolute atomic E-state index is 1.18. The molecule has 0 heterocycles. The summed E-state index contributed by atoms with van der Waals surface area (Å²) in [5, 5.41) is 3.34. The van der Waals surface area contributed by atoms with Crippen LogP contribution in [-0.4, -0.2) is 13.1 Å². The highest BCUT2D eigenvalue weighted by Gasteiger charge is 2.34. The maximum atomic E-state index is 13.4. The van der Waals surface area contributed by atoms with Crippen molar-refractivity contribution >= 4 is 0 Å². The summed E-state index contributed by atoms with van der Waals surface area (Å²) in [6, 6.07) is 0. The van der Waals surface area contributed by atoms with Crippen molar-refractivity contribution < 1.29 is 43.9 Å². The topological polar surface area (TPSA) is 12.0 Å². The molecular formula is C19H17F10N. The summed E-state index contributed by atoms with van der Waals surface area (Å²) in [6.07, 6.45) is 3.88. The van der Waals surface area contributed by atoms with Crippen LogP contribution in [0.25, 0.3) is 11.1 Å². The van der Waals surface area contributed by atoms with Crippen molar-refractivity contribution in [3.8, 4) is 11.1 Å². The molecule has 0 amide bonds. The van der Waals surface area contributed by atoms with E-state index in [2.05, 4.69) is 19.2 Å². The zero-order valence-corrected chi connectivity index (χ0v) is 15.8. The van der Waals surface area contributed by atoms with Crippen LogP contribution >= 0.6 is 0 Å². The number of nitrogens with one attached hydrogen (secondary N) is 1. The highest BCUT2D eigenvalue weighted by molar-refractivity contribution is 5.67. The molecule has 0 radical (unpaired) electrons. The number of rotatable bonds is 6. The molecule has 2 aromatic rings. The van der Waals surface area contributed by atoms with Gasteiger partial charge in [-0.25, -0.2) is 43.9 Å². The average Bonchev–Trinajstić information content (AvgIpc) is 2.74. The minimum atomic E-state index is -2.68. The number of benzene rings is 2. The lowest BCUT2D eigenvalue weighted by Crippen LogP contribution is -2.15. The first-order chi connectivity index (χ1) is 14.0. The van der Waals surface area contributed by atoms with Gasteiger partial charge in [-0.1, -0.05) is 20.3 Å². The molecule has 0 aliphatic rings. The summed E-state index contributed by atoms with van der Waals surface area (Å²) in [4.78, 5) is 0. The van der Waals surface area contributed by atoms with Gasteiger partial charge in [0.1, 0.15) is 0 Å². The van der Waals surface area contributed by atoms with Crippen LogP contribution in [0, 0.1) is 58.2 Å². The fraction of sp³-hybridized carbons (Fsp3) is 0.368. The maximum Gasteiger partial charge on any atom is 0.200 e. The Kier molecular flexibility index (Phi) is 9.60. The summed E-state index contributed by atoms with van der Waals surface area (Å²) in [7, 11) is 0. The lowest BCUT2D eigenvalue weighted by molar-refractivity contribution is 0.370. The molecule has 0 aliphatic carbocycles. The first kappa shape index (κ1) is 25.7.